The molecule has 0 atom stereocenters. The normalized spacial score (nSPS) is 10.4. The van der Waals surface area contributed by atoms with Crippen LogP contribution in [0, 0.1) is 0 Å². The summed E-state index contributed by atoms with van der Waals surface area (Å²) in [6.07, 6.45) is 0. The first-order chi connectivity index (χ1) is 12.4. The summed E-state index contributed by atoms with van der Waals surface area (Å²) >= 11 is 12.1. The van der Waals surface area contributed by atoms with E-state index in [2.05, 4.69) is 20.8 Å². The minimum Gasteiger partial charge on any atom is -0.326 e. The Bertz CT molecular complexity index is 968. The van der Waals surface area contributed by atoms with Crippen molar-refractivity contribution in [1.29, 1.82) is 0 Å². The Kier molecular flexibility index (Phi) is 5.25. The van der Waals surface area contributed by atoms with Crippen molar-refractivity contribution in [2.24, 2.45) is 0 Å². The summed E-state index contributed by atoms with van der Waals surface area (Å²) in [7, 11) is 0. The zero-order valence-corrected chi connectivity index (χ0v) is 15.2. The van der Waals surface area contributed by atoms with Gasteiger partial charge in [0.1, 0.15) is 5.69 Å². The van der Waals surface area contributed by atoms with Gasteiger partial charge >= 0.3 is 0 Å². The van der Waals surface area contributed by atoms with E-state index in [0.29, 0.717) is 32.7 Å². The summed E-state index contributed by atoms with van der Waals surface area (Å²) in [5.74, 6) is -0.506. The van der Waals surface area contributed by atoms with Gasteiger partial charge in [-0.2, -0.15) is 5.10 Å². The van der Waals surface area contributed by atoms with Crippen LogP contribution in [0.2, 0.25) is 10.0 Å². The number of nitrogens with zero attached hydrogens (tertiary/aromatic N) is 1. The lowest BCUT2D eigenvalue weighted by Gasteiger charge is -2.05. The Hall–Kier alpha value is -2.83. The van der Waals surface area contributed by atoms with Crippen molar-refractivity contribution >= 4 is 46.4 Å². The molecule has 8 heteroatoms. The van der Waals surface area contributed by atoms with Crippen LogP contribution in [-0.4, -0.2) is 22.0 Å². The molecule has 3 N–H and O–H groups in total. The largest absolute Gasteiger partial charge is 0.326 e. The van der Waals surface area contributed by atoms with Gasteiger partial charge in [-0.25, -0.2) is 0 Å². The van der Waals surface area contributed by atoms with Gasteiger partial charge in [0.25, 0.3) is 5.91 Å². The number of halogens is 2. The summed E-state index contributed by atoms with van der Waals surface area (Å²) in [6, 6.07) is 13.4. The number of H-pyrrole nitrogens is 1. The van der Waals surface area contributed by atoms with Gasteiger partial charge in [-0.3, -0.25) is 14.7 Å². The number of aromatic amines is 1. The van der Waals surface area contributed by atoms with Crippen LogP contribution in [0.4, 0.5) is 11.4 Å². The lowest BCUT2D eigenvalue weighted by Crippen LogP contribution is -2.12. The predicted molar refractivity (Wildman–Crippen MR) is 103 cm³/mol. The van der Waals surface area contributed by atoms with Crippen LogP contribution in [-0.2, 0) is 4.79 Å². The molecule has 6 nitrogen and oxygen atoms in total. The van der Waals surface area contributed by atoms with Crippen LogP contribution < -0.4 is 10.6 Å². The molecule has 3 aromatic rings. The van der Waals surface area contributed by atoms with E-state index >= 15 is 0 Å². The van der Waals surface area contributed by atoms with Gasteiger partial charge in [0.15, 0.2) is 0 Å². The van der Waals surface area contributed by atoms with E-state index in [0.717, 1.165) is 0 Å². The molecule has 0 aliphatic carbocycles. The van der Waals surface area contributed by atoms with E-state index < -0.39 is 0 Å². The first-order valence-corrected chi connectivity index (χ1v) is 8.38. The fraction of sp³-hybridized carbons (Fsp3) is 0.0556. The zero-order valence-electron chi connectivity index (χ0n) is 13.6. The van der Waals surface area contributed by atoms with Gasteiger partial charge in [0.05, 0.1) is 10.7 Å². The number of hydrogen-bond donors (Lipinski definition) is 3. The molecule has 1 heterocycles. The van der Waals surface area contributed by atoms with Crippen LogP contribution >= 0.6 is 23.2 Å². The first-order valence-electron chi connectivity index (χ1n) is 7.62. The van der Waals surface area contributed by atoms with Crippen molar-refractivity contribution in [2.75, 3.05) is 10.6 Å². The molecule has 0 bridgehead atoms. The molecule has 0 saturated heterocycles. The van der Waals surface area contributed by atoms with E-state index in [9.17, 15) is 9.59 Å². The Labute approximate surface area is 159 Å². The van der Waals surface area contributed by atoms with Crippen LogP contribution in [0.1, 0.15) is 17.4 Å². The molecule has 132 valence electrons. The summed E-state index contributed by atoms with van der Waals surface area (Å²) in [5, 5.41) is 13.2. The van der Waals surface area contributed by atoms with Crippen molar-refractivity contribution < 1.29 is 9.59 Å². The topological polar surface area (TPSA) is 86.9 Å². The molecule has 0 radical (unpaired) electrons. The second-order valence-electron chi connectivity index (χ2n) is 5.50. The highest BCUT2D eigenvalue weighted by Crippen LogP contribution is 2.29. The second-order valence-corrected chi connectivity index (χ2v) is 6.35. The van der Waals surface area contributed by atoms with Crippen molar-refractivity contribution in [1.82, 2.24) is 10.2 Å². The lowest BCUT2D eigenvalue weighted by atomic mass is 10.1. The molecule has 2 aromatic carbocycles. The molecule has 0 aliphatic heterocycles. The van der Waals surface area contributed by atoms with Crippen molar-refractivity contribution in [3.05, 3.63) is 64.3 Å². The molecule has 2 amide bonds. The smallest absolute Gasteiger partial charge is 0.273 e. The molecular weight excluding hydrogens is 375 g/mol. The van der Waals surface area contributed by atoms with Gasteiger partial charge in [-0.05, 0) is 48.5 Å². The number of anilines is 2. The number of benzene rings is 2. The molecule has 0 aliphatic rings. The zero-order chi connectivity index (χ0) is 18.7. The SMILES string of the molecule is CC(=O)Nc1ccc(NC(=O)c2cc(-c3ccc(Cl)cc3Cl)n[nH]2)cc1. The molecule has 1 aromatic heterocycles. The molecule has 0 saturated carbocycles. The number of rotatable bonds is 4. The monoisotopic (exact) mass is 388 g/mol. The van der Waals surface area contributed by atoms with Gasteiger partial charge in [-0.1, -0.05) is 23.2 Å². The van der Waals surface area contributed by atoms with E-state index in [1.807, 2.05) is 0 Å². The standard InChI is InChI=1S/C18H14Cl2N4O2/c1-10(25)21-12-3-5-13(6-4-12)22-18(26)17-9-16(23-24-17)14-7-2-11(19)8-15(14)20/h2-9H,1H3,(H,21,25)(H,22,26)(H,23,24). The number of aromatic nitrogens is 2. The molecule has 0 unspecified atom stereocenters. The van der Waals surface area contributed by atoms with Crippen LogP contribution in [0.25, 0.3) is 11.3 Å². The first kappa shape index (κ1) is 18.0. The van der Waals surface area contributed by atoms with Gasteiger partial charge in [0.2, 0.25) is 5.91 Å². The fourth-order valence-corrected chi connectivity index (χ4v) is 2.82. The molecule has 0 fully saturated rings. The predicted octanol–water partition coefficient (Wildman–Crippen LogP) is 4.59. The maximum absolute atomic E-state index is 12.4. The maximum Gasteiger partial charge on any atom is 0.273 e. The average molecular weight is 389 g/mol. The fourth-order valence-electron chi connectivity index (χ4n) is 2.31. The third-order valence-electron chi connectivity index (χ3n) is 3.49. The van der Waals surface area contributed by atoms with Crippen molar-refractivity contribution in [2.45, 2.75) is 6.92 Å². The Morgan fingerprint density at radius 3 is 2.23 bits per heavy atom. The van der Waals surface area contributed by atoms with Gasteiger partial charge in [-0.15, -0.1) is 0 Å². The third kappa shape index (κ3) is 4.22. The van der Waals surface area contributed by atoms with Crippen molar-refractivity contribution in [3.63, 3.8) is 0 Å². The summed E-state index contributed by atoms with van der Waals surface area (Å²) in [5.41, 5.74) is 2.74. The minimum atomic E-state index is -0.346. The van der Waals surface area contributed by atoms with E-state index in [1.54, 1.807) is 48.5 Å². The molecule has 3 rings (SSSR count). The number of hydrogen-bond acceptors (Lipinski definition) is 3. The second kappa shape index (κ2) is 7.59. The van der Waals surface area contributed by atoms with Crippen LogP contribution in [0.5, 0.6) is 0 Å². The van der Waals surface area contributed by atoms with E-state index in [-0.39, 0.29) is 17.5 Å². The Morgan fingerprint density at radius 1 is 0.962 bits per heavy atom. The highest BCUT2D eigenvalue weighted by molar-refractivity contribution is 6.36. The summed E-state index contributed by atoms with van der Waals surface area (Å²) < 4.78 is 0. The Morgan fingerprint density at radius 2 is 1.62 bits per heavy atom. The van der Waals surface area contributed by atoms with Crippen LogP contribution in [0.3, 0.4) is 0 Å². The number of carbonyl (C=O) groups is 2. The average Bonchev–Trinajstić information content (AvgIpc) is 3.06. The number of carbonyl (C=O) groups excluding carboxylic acids is 2. The molecule has 0 spiro atoms. The van der Waals surface area contributed by atoms with Crippen molar-refractivity contribution in [3.8, 4) is 11.3 Å². The molecule has 26 heavy (non-hydrogen) atoms. The quantitative estimate of drug-likeness (QED) is 0.610. The maximum atomic E-state index is 12.4. The highest BCUT2D eigenvalue weighted by Gasteiger charge is 2.13. The Balaban J connectivity index is 1.73. The lowest BCUT2D eigenvalue weighted by molar-refractivity contribution is -0.114. The van der Waals surface area contributed by atoms with Gasteiger partial charge in [0, 0.05) is 28.9 Å². The van der Waals surface area contributed by atoms with Gasteiger partial charge < -0.3 is 10.6 Å². The molecular formula is C18H14Cl2N4O2. The van der Waals surface area contributed by atoms with E-state index in [4.69, 9.17) is 23.2 Å². The highest BCUT2D eigenvalue weighted by atomic mass is 35.5. The third-order valence-corrected chi connectivity index (χ3v) is 4.04. The van der Waals surface area contributed by atoms with Crippen LogP contribution in [0.15, 0.2) is 48.5 Å². The number of nitrogens with one attached hydrogen (secondary N) is 3. The summed E-state index contributed by atoms with van der Waals surface area (Å²) in [6.45, 7) is 1.43. The number of amides is 2. The minimum absolute atomic E-state index is 0.160. The van der Waals surface area contributed by atoms with E-state index in [1.165, 1.54) is 6.92 Å². The summed E-state index contributed by atoms with van der Waals surface area (Å²) in [4.78, 5) is 23.4.